The van der Waals surface area contributed by atoms with Crippen LogP contribution in [0.1, 0.15) is 11.1 Å². The maximum absolute atomic E-state index is 5.70. The highest BCUT2D eigenvalue weighted by Crippen LogP contribution is 2.15. The first kappa shape index (κ1) is 21.5. The number of hydrogen-bond donors (Lipinski definition) is 4. The summed E-state index contributed by atoms with van der Waals surface area (Å²) in [6.07, 6.45) is 0. The zero-order valence-corrected chi connectivity index (χ0v) is 15.9. The third kappa shape index (κ3) is 6.39. The highest BCUT2D eigenvalue weighted by atomic mass is 35.5. The minimum Gasteiger partial charge on any atom is -0.399 e. The van der Waals surface area contributed by atoms with Gasteiger partial charge in [0, 0.05) is 35.8 Å². The van der Waals surface area contributed by atoms with Crippen molar-refractivity contribution in [2.24, 2.45) is 0 Å². The highest BCUT2D eigenvalue weighted by Gasteiger charge is 1.98. The molecule has 3 aromatic carbocycles. The quantitative estimate of drug-likeness (QED) is 0.450. The molecule has 0 aliphatic carbocycles. The van der Waals surface area contributed by atoms with Crippen LogP contribution < -0.4 is 22.1 Å². The van der Waals surface area contributed by atoms with Gasteiger partial charge in [-0.3, -0.25) is 0 Å². The van der Waals surface area contributed by atoms with Crippen LogP contribution in [0.25, 0.3) is 0 Å². The van der Waals surface area contributed by atoms with Gasteiger partial charge in [-0.1, -0.05) is 24.3 Å². The summed E-state index contributed by atoms with van der Waals surface area (Å²) in [5.41, 5.74) is 17.6. The minimum atomic E-state index is 0. The van der Waals surface area contributed by atoms with Gasteiger partial charge in [0.2, 0.25) is 0 Å². The number of rotatable bonds is 6. The second-order valence-electron chi connectivity index (χ2n) is 5.77. The summed E-state index contributed by atoms with van der Waals surface area (Å²) in [6, 6.07) is 24.1. The number of nitrogens with one attached hydrogen (secondary N) is 2. The van der Waals surface area contributed by atoms with Gasteiger partial charge in [-0.2, -0.15) is 0 Å². The summed E-state index contributed by atoms with van der Waals surface area (Å²) in [4.78, 5) is 0. The third-order valence-electron chi connectivity index (χ3n) is 3.81. The third-order valence-corrected chi connectivity index (χ3v) is 3.81. The number of halogens is 2. The minimum absolute atomic E-state index is 0. The van der Waals surface area contributed by atoms with Crippen LogP contribution in [0.4, 0.5) is 22.7 Å². The van der Waals surface area contributed by atoms with Gasteiger partial charge >= 0.3 is 0 Å². The van der Waals surface area contributed by atoms with Gasteiger partial charge in [-0.15, -0.1) is 24.8 Å². The fourth-order valence-electron chi connectivity index (χ4n) is 2.46. The van der Waals surface area contributed by atoms with Crippen LogP contribution in [0.2, 0.25) is 0 Å². The molecular formula is C20H24Cl2N4. The number of nitrogens with two attached hydrogens (primary N) is 2. The number of hydrogen-bond acceptors (Lipinski definition) is 4. The van der Waals surface area contributed by atoms with E-state index in [1.54, 1.807) is 0 Å². The predicted molar refractivity (Wildman–Crippen MR) is 117 cm³/mol. The van der Waals surface area contributed by atoms with Crippen LogP contribution in [0.5, 0.6) is 0 Å². The van der Waals surface area contributed by atoms with Gasteiger partial charge in [0.1, 0.15) is 0 Å². The first-order chi connectivity index (χ1) is 11.7. The summed E-state index contributed by atoms with van der Waals surface area (Å²) < 4.78 is 0. The van der Waals surface area contributed by atoms with Crippen molar-refractivity contribution in [2.75, 3.05) is 22.1 Å². The Balaban J connectivity index is 0.00000169. The Morgan fingerprint density at radius 2 is 0.962 bits per heavy atom. The van der Waals surface area contributed by atoms with Crippen molar-refractivity contribution in [1.29, 1.82) is 0 Å². The standard InChI is InChI=1S/C20H22N4.2ClH/c21-17-4-8-19(9-5-17)23-13-15-2-1-3-16(12-15)14-24-20-10-6-18(22)7-11-20;;/h1-12,23-24H,13-14,21-22H2;2*1H. The molecule has 6 N–H and O–H groups in total. The molecule has 0 atom stereocenters. The topological polar surface area (TPSA) is 76.1 Å². The fourth-order valence-corrected chi connectivity index (χ4v) is 2.46. The van der Waals surface area contributed by atoms with Gasteiger partial charge < -0.3 is 22.1 Å². The Morgan fingerprint density at radius 3 is 1.35 bits per heavy atom. The SMILES string of the molecule is Cl.Cl.Nc1ccc(NCc2cccc(CNc3ccc(N)cc3)c2)cc1. The number of anilines is 4. The molecule has 3 rings (SSSR count). The van der Waals surface area contributed by atoms with Gasteiger partial charge in [-0.05, 0) is 59.7 Å². The molecule has 0 saturated carbocycles. The Labute approximate surface area is 166 Å². The lowest BCUT2D eigenvalue weighted by Crippen LogP contribution is -2.03. The zero-order valence-electron chi connectivity index (χ0n) is 14.3. The average molecular weight is 391 g/mol. The molecule has 6 heteroatoms. The van der Waals surface area contributed by atoms with Gasteiger partial charge in [0.15, 0.2) is 0 Å². The average Bonchev–Trinajstić information content (AvgIpc) is 2.61. The first-order valence-corrected chi connectivity index (χ1v) is 7.96. The van der Waals surface area contributed by atoms with Crippen molar-refractivity contribution >= 4 is 47.6 Å². The van der Waals surface area contributed by atoms with Gasteiger partial charge in [-0.25, -0.2) is 0 Å². The lowest BCUT2D eigenvalue weighted by Gasteiger charge is -2.10. The van der Waals surface area contributed by atoms with Crippen molar-refractivity contribution in [2.45, 2.75) is 13.1 Å². The van der Waals surface area contributed by atoms with Crippen LogP contribution in [0.15, 0.2) is 72.8 Å². The molecule has 138 valence electrons. The molecule has 0 spiro atoms. The summed E-state index contributed by atoms with van der Waals surface area (Å²) >= 11 is 0. The second kappa shape index (κ2) is 10.4. The molecule has 0 saturated heterocycles. The highest BCUT2D eigenvalue weighted by molar-refractivity contribution is 5.85. The molecule has 0 bridgehead atoms. The van der Waals surface area contributed by atoms with Crippen LogP contribution in [-0.4, -0.2) is 0 Å². The lowest BCUT2D eigenvalue weighted by molar-refractivity contribution is 1.10. The van der Waals surface area contributed by atoms with E-state index in [-0.39, 0.29) is 24.8 Å². The Hall–Kier alpha value is -2.56. The predicted octanol–water partition coefficient (Wildman–Crippen LogP) is 4.92. The first-order valence-electron chi connectivity index (χ1n) is 7.96. The van der Waals surface area contributed by atoms with E-state index in [1.807, 2.05) is 48.5 Å². The molecule has 0 unspecified atom stereocenters. The van der Waals surface area contributed by atoms with E-state index in [2.05, 4.69) is 34.9 Å². The van der Waals surface area contributed by atoms with E-state index in [1.165, 1.54) is 11.1 Å². The Bertz CT molecular complexity index is 725. The van der Waals surface area contributed by atoms with Crippen LogP contribution >= 0.6 is 24.8 Å². The zero-order chi connectivity index (χ0) is 16.8. The Morgan fingerprint density at radius 1 is 0.577 bits per heavy atom. The van der Waals surface area contributed by atoms with Crippen molar-refractivity contribution in [3.05, 3.63) is 83.9 Å². The van der Waals surface area contributed by atoms with E-state index in [0.717, 1.165) is 35.8 Å². The van der Waals surface area contributed by atoms with Gasteiger partial charge in [0.05, 0.1) is 0 Å². The molecule has 3 aromatic rings. The Kier molecular flexibility index (Phi) is 8.62. The van der Waals surface area contributed by atoms with Crippen molar-refractivity contribution in [3.8, 4) is 0 Å². The summed E-state index contributed by atoms with van der Waals surface area (Å²) in [5, 5.41) is 6.81. The second-order valence-corrected chi connectivity index (χ2v) is 5.77. The lowest BCUT2D eigenvalue weighted by atomic mass is 10.1. The molecule has 0 amide bonds. The number of nitrogen functional groups attached to an aromatic ring is 2. The van der Waals surface area contributed by atoms with E-state index in [0.29, 0.717) is 0 Å². The molecule has 26 heavy (non-hydrogen) atoms. The molecule has 0 fully saturated rings. The normalized spacial score (nSPS) is 9.54. The van der Waals surface area contributed by atoms with Crippen LogP contribution in [0.3, 0.4) is 0 Å². The molecule has 0 radical (unpaired) electrons. The monoisotopic (exact) mass is 390 g/mol. The van der Waals surface area contributed by atoms with Crippen LogP contribution in [0, 0.1) is 0 Å². The maximum Gasteiger partial charge on any atom is 0.0400 e. The maximum atomic E-state index is 5.70. The van der Waals surface area contributed by atoms with E-state index >= 15 is 0 Å². The van der Waals surface area contributed by atoms with Crippen molar-refractivity contribution < 1.29 is 0 Å². The van der Waals surface area contributed by atoms with Crippen molar-refractivity contribution in [3.63, 3.8) is 0 Å². The fraction of sp³-hybridized carbons (Fsp3) is 0.100. The molecule has 0 heterocycles. The smallest absolute Gasteiger partial charge is 0.0400 e. The largest absolute Gasteiger partial charge is 0.399 e. The van der Waals surface area contributed by atoms with Gasteiger partial charge in [0.25, 0.3) is 0 Å². The molecule has 0 aliphatic heterocycles. The summed E-state index contributed by atoms with van der Waals surface area (Å²) in [7, 11) is 0. The van der Waals surface area contributed by atoms with E-state index in [4.69, 9.17) is 11.5 Å². The molecule has 4 nitrogen and oxygen atoms in total. The van der Waals surface area contributed by atoms with E-state index < -0.39 is 0 Å². The summed E-state index contributed by atoms with van der Waals surface area (Å²) in [6.45, 7) is 1.55. The van der Waals surface area contributed by atoms with E-state index in [9.17, 15) is 0 Å². The molecule has 0 aromatic heterocycles. The van der Waals surface area contributed by atoms with Crippen molar-refractivity contribution in [1.82, 2.24) is 0 Å². The number of benzene rings is 3. The van der Waals surface area contributed by atoms with Crippen LogP contribution in [-0.2, 0) is 13.1 Å². The molecular weight excluding hydrogens is 367 g/mol. The summed E-state index contributed by atoms with van der Waals surface area (Å²) in [5.74, 6) is 0. The molecule has 0 aliphatic rings.